The van der Waals surface area contributed by atoms with Crippen LogP contribution in [-0.4, -0.2) is 44.6 Å². The number of hydrogen-bond acceptors (Lipinski definition) is 9. The number of carbonyl (C=O) groups is 2. The minimum atomic E-state index is -4.80. The van der Waals surface area contributed by atoms with E-state index in [1.165, 1.54) is 67.4 Å². The quantitative estimate of drug-likeness (QED) is 0.363. The van der Waals surface area contributed by atoms with Crippen LogP contribution in [0.25, 0.3) is 0 Å². The molecule has 0 aromatic heterocycles. The van der Waals surface area contributed by atoms with Gasteiger partial charge in [0.2, 0.25) is 31.5 Å². The number of nitrogens with one attached hydrogen (secondary N) is 2. The van der Waals surface area contributed by atoms with E-state index < -0.39 is 29.9 Å². The number of hydrogen-bond donors (Lipinski definition) is 3. The zero-order chi connectivity index (χ0) is 29.3. The van der Waals surface area contributed by atoms with Crippen molar-refractivity contribution in [2.24, 2.45) is 10.8 Å². The molecule has 0 radical (unpaired) electrons. The Morgan fingerprint density at radius 2 is 1.23 bits per heavy atom. The predicted octanol–water partition coefficient (Wildman–Crippen LogP) is 3.12. The molecule has 1 unspecified atom stereocenters. The predicted molar refractivity (Wildman–Crippen MR) is 153 cm³/mol. The third-order valence-corrected chi connectivity index (χ3v) is 12.1. The SMILES string of the molecule is CCC1=NN(c2ccccc2)C(N)C1(S(=O)(=O)c1ccc(NC(C)=O)cc1)S(=O)(=O)c1ccc(NC(C)=O)cc1. The van der Waals surface area contributed by atoms with Crippen molar-refractivity contribution in [1.29, 1.82) is 0 Å². The summed E-state index contributed by atoms with van der Waals surface area (Å²) in [5.74, 6) is -0.705. The molecule has 0 aliphatic carbocycles. The lowest BCUT2D eigenvalue weighted by Gasteiger charge is -2.35. The summed E-state index contributed by atoms with van der Waals surface area (Å²) in [7, 11) is -9.60. The van der Waals surface area contributed by atoms with Crippen molar-refractivity contribution in [2.45, 2.75) is 47.2 Å². The van der Waals surface area contributed by atoms with Crippen LogP contribution in [0.15, 0.2) is 93.8 Å². The normalized spacial score (nSPS) is 16.8. The Kier molecular flexibility index (Phi) is 7.83. The molecule has 1 aliphatic rings. The van der Waals surface area contributed by atoms with Gasteiger partial charge in [0.1, 0.15) is 6.17 Å². The molecule has 0 bridgehead atoms. The summed E-state index contributed by atoms with van der Waals surface area (Å²) in [5.41, 5.74) is 7.57. The summed E-state index contributed by atoms with van der Waals surface area (Å²) in [4.78, 5) is 22.3. The van der Waals surface area contributed by atoms with Gasteiger partial charge in [0.15, 0.2) is 0 Å². The average molecular weight is 584 g/mol. The molecule has 0 saturated heterocycles. The third-order valence-electron chi connectivity index (χ3n) is 6.41. The molecule has 2 amide bonds. The molecule has 3 aromatic rings. The van der Waals surface area contributed by atoms with Gasteiger partial charge in [-0.3, -0.25) is 9.59 Å². The lowest BCUT2D eigenvalue weighted by molar-refractivity contribution is -0.115. The fourth-order valence-corrected chi connectivity index (χ4v) is 9.92. The molecule has 1 aliphatic heterocycles. The second kappa shape index (κ2) is 10.8. The molecule has 0 saturated carbocycles. The number of nitrogens with two attached hydrogens (primary N) is 1. The summed E-state index contributed by atoms with van der Waals surface area (Å²) < 4.78 is 55.6. The highest BCUT2D eigenvalue weighted by molar-refractivity contribution is 8.11. The number of sulfone groups is 2. The Morgan fingerprint density at radius 3 is 1.60 bits per heavy atom. The monoisotopic (exact) mass is 583 g/mol. The van der Waals surface area contributed by atoms with Gasteiger partial charge >= 0.3 is 0 Å². The molecular weight excluding hydrogens is 554 g/mol. The highest BCUT2D eigenvalue weighted by Crippen LogP contribution is 2.45. The van der Waals surface area contributed by atoms with Gasteiger partial charge in [0.05, 0.1) is 21.2 Å². The number of amides is 2. The molecule has 4 N–H and O–H groups in total. The van der Waals surface area contributed by atoms with Gasteiger partial charge in [-0.2, -0.15) is 5.10 Å². The van der Waals surface area contributed by atoms with Crippen molar-refractivity contribution in [3.63, 3.8) is 0 Å². The van der Waals surface area contributed by atoms with Gasteiger partial charge in [-0.1, -0.05) is 25.1 Å². The van der Waals surface area contributed by atoms with Crippen LogP contribution in [0, 0.1) is 0 Å². The molecule has 3 aromatic carbocycles. The average Bonchev–Trinajstić information content (AvgIpc) is 3.23. The number of anilines is 3. The van der Waals surface area contributed by atoms with E-state index in [1.807, 2.05) is 0 Å². The number of benzene rings is 3. The molecule has 0 spiro atoms. The number of rotatable bonds is 8. The molecule has 1 heterocycles. The van der Waals surface area contributed by atoms with Crippen molar-refractivity contribution in [1.82, 2.24) is 0 Å². The molecule has 210 valence electrons. The van der Waals surface area contributed by atoms with E-state index in [-0.39, 0.29) is 33.7 Å². The lowest BCUT2D eigenvalue weighted by atomic mass is 10.2. The second-order valence-electron chi connectivity index (χ2n) is 9.11. The Hall–Kier alpha value is -4.07. The Balaban J connectivity index is 1.97. The van der Waals surface area contributed by atoms with Gasteiger partial charge in [-0.25, -0.2) is 21.8 Å². The molecule has 1 atom stereocenters. The fraction of sp³-hybridized carbons (Fsp3) is 0.222. The molecule has 0 fully saturated rings. The standard InChI is InChI=1S/C27H29N5O6S2/c1-4-25-27(26(28)32(31-25)22-8-6-5-7-9-22,39(35,36)23-14-10-20(11-15-23)29-18(2)33)40(37,38)24-16-12-21(13-17-24)30-19(3)34/h5-17,26H,4,28H2,1-3H3,(H,29,33)(H,30,34). The third kappa shape index (κ3) is 4.76. The van der Waals surface area contributed by atoms with Crippen LogP contribution in [0.2, 0.25) is 0 Å². The summed E-state index contributed by atoms with van der Waals surface area (Å²) >= 11 is 0. The van der Waals surface area contributed by atoms with Gasteiger partial charge in [0.25, 0.3) is 4.08 Å². The van der Waals surface area contributed by atoms with Gasteiger partial charge in [-0.05, 0) is 67.1 Å². The van der Waals surface area contributed by atoms with Gasteiger partial charge < -0.3 is 16.4 Å². The Labute approximate surface area is 232 Å². The number of hydrazone groups is 1. The molecule has 13 heteroatoms. The van der Waals surface area contributed by atoms with Crippen LogP contribution in [0.4, 0.5) is 17.1 Å². The van der Waals surface area contributed by atoms with Crippen LogP contribution in [0.1, 0.15) is 27.2 Å². The van der Waals surface area contributed by atoms with E-state index in [0.717, 1.165) is 0 Å². The summed E-state index contributed by atoms with van der Waals surface area (Å²) in [5, 5.41) is 10.8. The first-order chi connectivity index (χ1) is 18.9. The minimum Gasteiger partial charge on any atom is -0.326 e. The van der Waals surface area contributed by atoms with E-state index in [9.17, 15) is 26.4 Å². The molecular formula is C27H29N5O6S2. The van der Waals surface area contributed by atoms with Crippen molar-refractivity contribution < 1.29 is 26.4 Å². The van der Waals surface area contributed by atoms with Crippen LogP contribution >= 0.6 is 0 Å². The minimum absolute atomic E-state index is 0.0382. The largest absolute Gasteiger partial charge is 0.326 e. The van der Waals surface area contributed by atoms with Crippen molar-refractivity contribution in [3.8, 4) is 0 Å². The summed E-state index contributed by atoms with van der Waals surface area (Å²) in [6.07, 6.45) is -1.70. The Bertz CT molecular complexity index is 1580. The molecule has 40 heavy (non-hydrogen) atoms. The fourth-order valence-electron chi connectivity index (χ4n) is 4.67. The first-order valence-electron chi connectivity index (χ1n) is 12.3. The number of nitrogens with zero attached hydrogens (tertiary/aromatic N) is 2. The van der Waals surface area contributed by atoms with E-state index in [4.69, 9.17) is 5.73 Å². The van der Waals surface area contributed by atoms with E-state index in [0.29, 0.717) is 17.1 Å². The first kappa shape index (κ1) is 28.9. The summed E-state index contributed by atoms with van der Waals surface area (Å²) in [6.45, 7) is 4.23. The highest BCUT2D eigenvalue weighted by Gasteiger charge is 2.68. The van der Waals surface area contributed by atoms with Crippen LogP contribution < -0.4 is 21.4 Å². The summed E-state index contributed by atoms with van der Waals surface area (Å²) in [6, 6.07) is 18.8. The lowest BCUT2D eigenvalue weighted by Crippen LogP contribution is -2.64. The first-order valence-corrected chi connectivity index (χ1v) is 15.2. The van der Waals surface area contributed by atoms with Crippen LogP contribution in [-0.2, 0) is 29.3 Å². The molecule has 11 nitrogen and oxygen atoms in total. The van der Waals surface area contributed by atoms with E-state index >= 15 is 0 Å². The maximum atomic E-state index is 14.6. The second-order valence-corrected chi connectivity index (χ2v) is 13.6. The zero-order valence-corrected chi connectivity index (χ0v) is 23.7. The maximum Gasteiger partial charge on any atom is 0.256 e. The molecule has 4 rings (SSSR count). The van der Waals surface area contributed by atoms with Crippen molar-refractivity contribution in [2.75, 3.05) is 15.6 Å². The van der Waals surface area contributed by atoms with Gasteiger partial charge in [-0.15, -0.1) is 0 Å². The van der Waals surface area contributed by atoms with Crippen molar-refractivity contribution >= 4 is 54.3 Å². The van der Waals surface area contributed by atoms with E-state index in [1.54, 1.807) is 37.3 Å². The topological polar surface area (TPSA) is 168 Å². The van der Waals surface area contributed by atoms with Crippen molar-refractivity contribution in [3.05, 3.63) is 78.9 Å². The number of carbonyl (C=O) groups excluding carboxylic acids is 2. The Morgan fingerprint density at radius 1 is 0.800 bits per heavy atom. The highest BCUT2D eigenvalue weighted by atomic mass is 32.3. The van der Waals surface area contributed by atoms with Crippen LogP contribution in [0.3, 0.4) is 0 Å². The maximum absolute atomic E-state index is 14.6. The van der Waals surface area contributed by atoms with Crippen LogP contribution in [0.5, 0.6) is 0 Å². The smallest absolute Gasteiger partial charge is 0.256 e. The van der Waals surface area contributed by atoms with E-state index in [2.05, 4.69) is 15.7 Å². The number of para-hydroxylation sites is 1. The zero-order valence-electron chi connectivity index (χ0n) is 22.0. The van der Waals surface area contributed by atoms with Gasteiger partial charge in [0, 0.05) is 25.2 Å².